The highest BCUT2D eigenvalue weighted by atomic mass is 16.5. The molecule has 1 heterocycles. The third-order valence-corrected chi connectivity index (χ3v) is 2.12. The van der Waals surface area contributed by atoms with E-state index in [4.69, 9.17) is 4.52 Å². The minimum atomic E-state index is 0.449. The summed E-state index contributed by atoms with van der Waals surface area (Å²) in [5.74, 6) is 0.675. The minimum Gasteiger partial charge on any atom is -0.335 e. The molecule has 1 atom stereocenters. The fraction of sp³-hybridized carbons (Fsp3) is 0.556. The third kappa shape index (κ3) is 2.08. The molecule has 1 aromatic heterocycles. The van der Waals surface area contributed by atoms with Crippen LogP contribution in [0.5, 0.6) is 0 Å². The first kappa shape index (κ1) is 8.29. The molecule has 70 valence electrons. The molecule has 0 bridgehead atoms. The van der Waals surface area contributed by atoms with Crippen LogP contribution in [0, 0.1) is 6.92 Å². The summed E-state index contributed by atoms with van der Waals surface area (Å²) >= 11 is 0. The van der Waals surface area contributed by atoms with Gasteiger partial charge in [-0.25, -0.2) is 0 Å². The van der Waals surface area contributed by atoms with Gasteiger partial charge in [-0.2, -0.15) is 4.98 Å². The molecule has 4 nitrogen and oxygen atoms in total. The molecule has 1 aliphatic carbocycles. The van der Waals surface area contributed by atoms with Crippen molar-refractivity contribution in [1.29, 1.82) is 0 Å². The van der Waals surface area contributed by atoms with Gasteiger partial charge in [0.05, 0.1) is 0 Å². The van der Waals surface area contributed by atoms with Crippen LogP contribution in [-0.2, 0) is 0 Å². The molecule has 0 saturated heterocycles. The van der Waals surface area contributed by atoms with Crippen LogP contribution in [0.15, 0.2) is 16.7 Å². The van der Waals surface area contributed by atoms with Gasteiger partial charge in [0.15, 0.2) is 5.82 Å². The molecule has 1 N–H and O–H groups in total. The molecule has 0 spiro atoms. The molecule has 0 aliphatic heterocycles. The first-order valence-electron chi connectivity index (χ1n) is 4.56. The summed E-state index contributed by atoms with van der Waals surface area (Å²) < 4.78 is 4.97. The van der Waals surface area contributed by atoms with Gasteiger partial charge in [-0.1, -0.05) is 17.3 Å². The highest BCUT2D eigenvalue weighted by Crippen LogP contribution is 2.15. The van der Waals surface area contributed by atoms with Crippen molar-refractivity contribution >= 4 is 6.01 Å². The quantitative estimate of drug-likeness (QED) is 0.704. The number of anilines is 1. The van der Waals surface area contributed by atoms with E-state index in [0.29, 0.717) is 17.9 Å². The summed E-state index contributed by atoms with van der Waals surface area (Å²) in [5.41, 5.74) is 0. The average Bonchev–Trinajstić information content (AvgIpc) is 2.53. The van der Waals surface area contributed by atoms with Crippen molar-refractivity contribution in [3.8, 4) is 0 Å². The Morgan fingerprint density at radius 3 is 3.08 bits per heavy atom. The predicted octanol–water partition coefficient (Wildman–Crippen LogP) is 1.90. The van der Waals surface area contributed by atoms with Crippen molar-refractivity contribution in [3.63, 3.8) is 0 Å². The molecule has 1 aromatic rings. The highest BCUT2D eigenvalue weighted by molar-refractivity contribution is 5.21. The molecular weight excluding hydrogens is 166 g/mol. The van der Waals surface area contributed by atoms with Gasteiger partial charge in [0.2, 0.25) is 0 Å². The lowest BCUT2D eigenvalue weighted by atomic mass is 10.0. The lowest BCUT2D eigenvalue weighted by Gasteiger charge is -2.17. The Kier molecular flexibility index (Phi) is 2.29. The van der Waals surface area contributed by atoms with Crippen molar-refractivity contribution in [2.45, 2.75) is 32.2 Å². The molecule has 0 aromatic carbocycles. The van der Waals surface area contributed by atoms with Crippen LogP contribution in [0.1, 0.15) is 25.1 Å². The monoisotopic (exact) mass is 179 g/mol. The maximum absolute atomic E-state index is 4.97. The number of aromatic nitrogens is 2. The fourth-order valence-electron chi connectivity index (χ4n) is 1.46. The predicted molar refractivity (Wildman–Crippen MR) is 49.4 cm³/mol. The van der Waals surface area contributed by atoms with Crippen LogP contribution in [-0.4, -0.2) is 16.2 Å². The second-order valence-electron chi connectivity index (χ2n) is 3.27. The molecular formula is C9H13N3O. The summed E-state index contributed by atoms with van der Waals surface area (Å²) in [7, 11) is 0. The number of hydrogen-bond donors (Lipinski definition) is 1. The van der Waals surface area contributed by atoms with Gasteiger partial charge in [-0.05, 0) is 26.2 Å². The zero-order valence-corrected chi connectivity index (χ0v) is 7.66. The van der Waals surface area contributed by atoms with Crippen molar-refractivity contribution in [2.24, 2.45) is 0 Å². The Labute approximate surface area is 77.0 Å². The SMILES string of the molecule is Cc1noc(NC2CC=CCC2)n1. The normalized spacial score (nSPS) is 21.8. The smallest absolute Gasteiger partial charge is 0.321 e. The molecule has 0 saturated carbocycles. The van der Waals surface area contributed by atoms with E-state index in [1.807, 2.05) is 6.92 Å². The van der Waals surface area contributed by atoms with Crippen molar-refractivity contribution in [1.82, 2.24) is 10.1 Å². The standard InChI is InChI=1S/C9H13N3O/c1-7-10-9(13-12-7)11-8-5-3-2-4-6-8/h2-3,8H,4-6H2,1H3,(H,10,11,12). The second-order valence-corrected chi connectivity index (χ2v) is 3.27. The maximum Gasteiger partial charge on any atom is 0.321 e. The van der Waals surface area contributed by atoms with Gasteiger partial charge in [0, 0.05) is 6.04 Å². The fourth-order valence-corrected chi connectivity index (χ4v) is 1.46. The van der Waals surface area contributed by atoms with E-state index in [0.717, 1.165) is 19.3 Å². The molecule has 2 rings (SSSR count). The van der Waals surface area contributed by atoms with Crippen LogP contribution in [0.25, 0.3) is 0 Å². The Bertz CT molecular complexity index is 306. The van der Waals surface area contributed by atoms with Crippen LogP contribution >= 0.6 is 0 Å². The van der Waals surface area contributed by atoms with Gasteiger partial charge in [-0.3, -0.25) is 0 Å². The van der Waals surface area contributed by atoms with Gasteiger partial charge >= 0.3 is 6.01 Å². The average molecular weight is 179 g/mol. The zero-order valence-electron chi connectivity index (χ0n) is 7.66. The summed E-state index contributed by atoms with van der Waals surface area (Å²) in [4.78, 5) is 4.09. The molecule has 13 heavy (non-hydrogen) atoms. The van der Waals surface area contributed by atoms with E-state index in [2.05, 4.69) is 27.6 Å². The number of allylic oxidation sites excluding steroid dienone is 1. The first-order chi connectivity index (χ1) is 6.34. The summed E-state index contributed by atoms with van der Waals surface area (Å²) in [6, 6.07) is 0.989. The first-order valence-corrected chi connectivity index (χ1v) is 4.56. The van der Waals surface area contributed by atoms with E-state index in [9.17, 15) is 0 Å². The number of nitrogens with zero attached hydrogens (tertiary/aromatic N) is 2. The van der Waals surface area contributed by atoms with E-state index in [1.54, 1.807) is 0 Å². The minimum absolute atomic E-state index is 0.449. The Hall–Kier alpha value is -1.32. The summed E-state index contributed by atoms with van der Waals surface area (Å²) in [6.07, 6.45) is 7.70. The van der Waals surface area contributed by atoms with E-state index >= 15 is 0 Å². The molecule has 1 aliphatic rings. The Balaban J connectivity index is 1.94. The van der Waals surface area contributed by atoms with Crippen LogP contribution in [0.3, 0.4) is 0 Å². The lowest BCUT2D eigenvalue weighted by molar-refractivity contribution is 0.419. The van der Waals surface area contributed by atoms with E-state index in [-0.39, 0.29) is 0 Å². The molecule has 0 fully saturated rings. The van der Waals surface area contributed by atoms with Crippen molar-refractivity contribution in [3.05, 3.63) is 18.0 Å². The summed E-state index contributed by atoms with van der Waals surface area (Å²) in [5, 5.41) is 6.93. The molecule has 4 heteroatoms. The summed E-state index contributed by atoms with van der Waals surface area (Å²) in [6.45, 7) is 1.81. The zero-order chi connectivity index (χ0) is 9.10. The molecule has 0 amide bonds. The van der Waals surface area contributed by atoms with Crippen LogP contribution in [0.2, 0.25) is 0 Å². The van der Waals surface area contributed by atoms with Crippen molar-refractivity contribution in [2.75, 3.05) is 5.32 Å². The maximum atomic E-state index is 4.97. The van der Waals surface area contributed by atoms with Crippen LogP contribution < -0.4 is 5.32 Å². The largest absolute Gasteiger partial charge is 0.335 e. The van der Waals surface area contributed by atoms with E-state index < -0.39 is 0 Å². The third-order valence-electron chi connectivity index (χ3n) is 2.12. The number of rotatable bonds is 2. The Morgan fingerprint density at radius 1 is 1.54 bits per heavy atom. The van der Waals surface area contributed by atoms with E-state index in [1.165, 1.54) is 0 Å². The van der Waals surface area contributed by atoms with Gasteiger partial charge < -0.3 is 9.84 Å². The molecule has 1 unspecified atom stereocenters. The van der Waals surface area contributed by atoms with Crippen LogP contribution in [0.4, 0.5) is 6.01 Å². The Morgan fingerprint density at radius 2 is 2.46 bits per heavy atom. The number of nitrogens with one attached hydrogen (secondary N) is 1. The van der Waals surface area contributed by atoms with Crippen molar-refractivity contribution < 1.29 is 4.52 Å². The molecule has 0 radical (unpaired) electrons. The van der Waals surface area contributed by atoms with Gasteiger partial charge in [0.25, 0.3) is 0 Å². The highest BCUT2D eigenvalue weighted by Gasteiger charge is 2.12. The lowest BCUT2D eigenvalue weighted by Crippen LogP contribution is -2.20. The second kappa shape index (κ2) is 3.60. The number of aryl methyl sites for hydroxylation is 1. The van der Waals surface area contributed by atoms with Gasteiger partial charge in [-0.15, -0.1) is 0 Å². The topological polar surface area (TPSA) is 51.0 Å². The van der Waals surface area contributed by atoms with Gasteiger partial charge in [0.1, 0.15) is 0 Å². The number of hydrogen-bond acceptors (Lipinski definition) is 4.